The van der Waals surface area contributed by atoms with E-state index in [0.717, 1.165) is 25.7 Å². The summed E-state index contributed by atoms with van der Waals surface area (Å²) in [6.45, 7) is 0.0370. The molecule has 1 saturated heterocycles. The lowest BCUT2D eigenvalue weighted by Gasteiger charge is -2.28. The summed E-state index contributed by atoms with van der Waals surface area (Å²) >= 11 is 0. The third-order valence-corrected chi connectivity index (χ3v) is 6.26. The Bertz CT molecular complexity index is 1110. The van der Waals surface area contributed by atoms with Gasteiger partial charge in [-0.15, -0.1) is 0 Å². The van der Waals surface area contributed by atoms with E-state index in [1.807, 2.05) is 6.07 Å². The second-order valence-corrected chi connectivity index (χ2v) is 8.57. The number of rotatable bonds is 6. The number of anilines is 1. The third kappa shape index (κ3) is 4.54. The maximum Gasteiger partial charge on any atom is 0.338 e. The number of carbonyl (C=O) groups is 1. The monoisotopic (exact) mass is 453 g/mol. The van der Waals surface area contributed by atoms with Gasteiger partial charge in [-0.3, -0.25) is 4.57 Å². The quantitative estimate of drug-likeness (QED) is 0.480. The fourth-order valence-electron chi connectivity index (χ4n) is 4.51. The minimum atomic E-state index is -0.811. The van der Waals surface area contributed by atoms with Gasteiger partial charge < -0.3 is 25.0 Å². The predicted molar refractivity (Wildman–Crippen MR) is 118 cm³/mol. The molecule has 5 rings (SSSR count). The average molecular weight is 453 g/mol. The SMILES string of the molecule is O=C(OC[C@@H]1C[C@@H](O)[C@H](n2cnc3c(N[C@H]4CCCCC4O)ncnc32)O1)c1ccccc1. The standard InChI is InChI=1S/C23H27N5O5/c29-17-9-5-4-8-16(17)27-20-19-21(25-12-24-20)28(13-26-19)22-18(30)10-15(33-22)11-32-23(31)14-6-2-1-3-7-14/h1-3,6-7,12-13,15-18,22,29-30H,4-5,8-11H2,(H,24,25,27)/t15-,16-,17?,18+,22+/m0/s1. The molecule has 33 heavy (non-hydrogen) atoms. The van der Waals surface area contributed by atoms with Crippen LogP contribution < -0.4 is 5.32 Å². The largest absolute Gasteiger partial charge is 0.459 e. The molecule has 10 nitrogen and oxygen atoms in total. The maximum absolute atomic E-state index is 12.2. The summed E-state index contributed by atoms with van der Waals surface area (Å²) in [4.78, 5) is 25.3. The molecule has 2 aromatic heterocycles. The fourth-order valence-corrected chi connectivity index (χ4v) is 4.51. The summed E-state index contributed by atoms with van der Waals surface area (Å²) in [5.74, 6) is 0.115. The summed E-state index contributed by atoms with van der Waals surface area (Å²) in [6, 6.07) is 8.66. The van der Waals surface area contributed by atoms with Gasteiger partial charge in [0.25, 0.3) is 0 Å². The van der Waals surface area contributed by atoms with Crippen molar-refractivity contribution in [3.8, 4) is 0 Å². The highest BCUT2D eigenvalue weighted by molar-refractivity contribution is 5.89. The number of nitrogens with one attached hydrogen (secondary N) is 1. The first-order valence-corrected chi connectivity index (χ1v) is 11.3. The second-order valence-electron chi connectivity index (χ2n) is 8.57. The van der Waals surface area contributed by atoms with Crippen molar-refractivity contribution in [1.82, 2.24) is 19.5 Å². The van der Waals surface area contributed by atoms with Crippen molar-refractivity contribution in [2.45, 2.75) is 62.7 Å². The summed E-state index contributed by atoms with van der Waals surface area (Å²) in [6.07, 6.45) is 4.61. The number of aliphatic hydroxyl groups excluding tert-OH is 2. The number of nitrogens with zero attached hydrogens (tertiary/aromatic N) is 4. The fraction of sp³-hybridized carbons (Fsp3) is 0.478. The molecule has 2 fully saturated rings. The zero-order valence-corrected chi connectivity index (χ0v) is 18.1. The first-order chi connectivity index (χ1) is 16.1. The number of imidazole rings is 1. The molecule has 3 heterocycles. The molecule has 1 saturated carbocycles. The zero-order chi connectivity index (χ0) is 22.8. The van der Waals surface area contributed by atoms with Crippen LogP contribution in [0.2, 0.25) is 0 Å². The molecule has 1 aliphatic heterocycles. The molecule has 1 aromatic carbocycles. The van der Waals surface area contributed by atoms with Crippen molar-refractivity contribution < 1.29 is 24.5 Å². The van der Waals surface area contributed by atoms with E-state index in [1.165, 1.54) is 6.33 Å². The van der Waals surface area contributed by atoms with Crippen LogP contribution in [0.25, 0.3) is 11.2 Å². The van der Waals surface area contributed by atoms with Crippen molar-refractivity contribution >= 4 is 23.0 Å². The number of fused-ring (bicyclic) bond motifs is 1. The summed E-state index contributed by atoms with van der Waals surface area (Å²) in [5.41, 5.74) is 1.53. The van der Waals surface area contributed by atoms with Crippen LogP contribution in [0, 0.1) is 0 Å². The Balaban J connectivity index is 1.27. The Hall–Kier alpha value is -3.08. The van der Waals surface area contributed by atoms with Crippen molar-refractivity contribution in [3.63, 3.8) is 0 Å². The molecule has 10 heteroatoms. The van der Waals surface area contributed by atoms with Gasteiger partial charge in [-0.1, -0.05) is 31.0 Å². The number of ether oxygens (including phenoxy) is 2. The molecule has 3 aromatic rings. The molecule has 174 valence electrons. The Morgan fingerprint density at radius 3 is 2.76 bits per heavy atom. The molecule has 1 unspecified atom stereocenters. The van der Waals surface area contributed by atoms with Crippen molar-refractivity contribution in [2.24, 2.45) is 0 Å². The Morgan fingerprint density at radius 1 is 1.12 bits per heavy atom. The third-order valence-electron chi connectivity index (χ3n) is 6.26. The Labute approximate surface area is 190 Å². The highest BCUT2D eigenvalue weighted by atomic mass is 16.6. The van der Waals surface area contributed by atoms with Crippen LogP contribution in [-0.2, 0) is 9.47 Å². The van der Waals surface area contributed by atoms with E-state index < -0.39 is 30.5 Å². The number of benzene rings is 1. The molecule has 5 atom stereocenters. The van der Waals surface area contributed by atoms with Gasteiger partial charge in [0.2, 0.25) is 0 Å². The van der Waals surface area contributed by atoms with Gasteiger partial charge in [-0.25, -0.2) is 19.7 Å². The van der Waals surface area contributed by atoms with Gasteiger partial charge in [-0.05, 0) is 25.0 Å². The van der Waals surface area contributed by atoms with Crippen molar-refractivity contribution in [2.75, 3.05) is 11.9 Å². The zero-order valence-electron chi connectivity index (χ0n) is 18.1. The predicted octanol–water partition coefficient (Wildman–Crippen LogP) is 2.05. The van der Waals surface area contributed by atoms with E-state index in [-0.39, 0.29) is 12.6 Å². The van der Waals surface area contributed by atoms with E-state index >= 15 is 0 Å². The lowest BCUT2D eigenvalue weighted by atomic mass is 9.92. The Morgan fingerprint density at radius 2 is 1.94 bits per heavy atom. The molecule has 0 amide bonds. The van der Waals surface area contributed by atoms with Crippen LogP contribution in [0.5, 0.6) is 0 Å². The van der Waals surface area contributed by atoms with Crippen LogP contribution >= 0.6 is 0 Å². The molecular formula is C23H27N5O5. The van der Waals surface area contributed by atoms with Crippen LogP contribution in [0.4, 0.5) is 5.82 Å². The van der Waals surface area contributed by atoms with Crippen molar-refractivity contribution in [3.05, 3.63) is 48.5 Å². The summed E-state index contributed by atoms with van der Waals surface area (Å²) in [5, 5.41) is 24.2. The molecule has 0 spiro atoms. The molecule has 3 N–H and O–H groups in total. The number of hydrogen-bond donors (Lipinski definition) is 3. The van der Waals surface area contributed by atoms with Gasteiger partial charge in [-0.2, -0.15) is 0 Å². The smallest absolute Gasteiger partial charge is 0.338 e. The number of aliphatic hydroxyl groups is 2. The lowest BCUT2D eigenvalue weighted by molar-refractivity contribution is -0.0531. The number of aromatic nitrogens is 4. The average Bonchev–Trinajstić information content (AvgIpc) is 3.43. The van der Waals surface area contributed by atoms with Gasteiger partial charge in [0.05, 0.1) is 30.1 Å². The maximum atomic E-state index is 12.2. The molecule has 1 aliphatic carbocycles. The summed E-state index contributed by atoms with van der Waals surface area (Å²) in [7, 11) is 0. The second kappa shape index (κ2) is 9.42. The van der Waals surface area contributed by atoms with E-state index in [9.17, 15) is 15.0 Å². The first-order valence-electron chi connectivity index (χ1n) is 11.3. The van der Waals surface area contributed by atoms with E-state index in [2.05, 4.69) is 20.3 Å². The summed E-state index contributed by atoms with van der Waals surface area (Å²) < 4.78 is 13.0. The molecule has 0 bridgehead atoms. The van der Waals surface area contributed by atoms with Crippen LogP contribution in [-0.4, -0.2) is 66.7 Å². The van der Waals surface area contributed by atoms with Crippen molar-refractivity contribution in [1.29, 1.82) is 0 Å². The van der Waals surface area contributed by atoms with E-state index in [1.54, 1.807) is 35.2 Å². The van der Waals surface area contributed by atoms with Gasteiger partial charge in [0, 0.05) is 6.42 Å². The number of esters is 1. The van der Waals surface area contributed by atoms with Crippen LogP contribution in [0.15, 0.2) is 43.0 Å². The van der Waals surface area contributed by atoms with Gasteiger partial charge in [0.1, 0.15) is 19.0 Å². The van der Waals surface area contributed by atoms with Crippen LogP contribution in [0.1, 0.15) is 48.7 Å². The lowest BCUT2D eigenvalue weighted by Crippen LogP contribution is -2.36. The topological polar surface area (TPSA) is 132 Å². The van der Waals surface area contributed by atoms with Gasteiger partial charge >= 0.3 is 5.97 Å². The number of hydrogen-bond acceptors (Lipinski definition) is 9. The van der Waals surface area contributed by atoms with Crippen LogP contribution in [0.3, 0.4) is 0 Å². The number of carbonyl (C=O) groups excluding carboxylic acids is 1. The van der Waals surface area contributed by atoms with E-state index in [4.69, 9.17) is 9.47 Å². The molecular weight excluding hydrogens is 426 g/mol. The minimum Gasteiger partial charge on any atom is -0.459 e. The van der Waals surface area contributed by atoms with Gasteiger partial charge in [0.15, 0.2) is 23.2 Å². The molecule has 0 radical (unpaired) electrons. The highest BCUT2D eigenvalue weighted by Gasteiger charge is 2.37. The van der Waals surface area contributed by atoms with E-state index in [0.29, 0.717) is 29.0 Å². The first kappa shape index (κ1) is 21.7. The molecule has 2 aliphatic rings. The highest BCUT2D eigenvalue weighted by Crippen LogP contribution is 2.32. The Kier molecular flexibility index (Phi) is 6.21. The normalized spacial score (nSPS) is 27.5. The minimum absolute atomic E-state index is 0.0370.